The van der Waals surface area contributed by atoms with E-state index in [-0.39, 0.29) is 5.75 Å². The molecule has 0 amide bonds. The van der Waals surface area contributed by atoms with Crippen LogP contribution < -0.4 is 24.2 Å². The van der Waals surface area contributed by atoms with E-state index in [2.05, 4.69) is 0 Å². The maximum absolute atomic E-state index is 14.1. The van der Waals surface area contributed by atoms with E-state index >= 15 is 0 Å². The maximum Gasteiger partial charge on any atom is 0.463 e. The number of hydrogen-bond acceptors (Lipinski definition) is 5. The van der Waals surface area contributed by atoms with Crippen LogP contribution >= 0.6 is 15.0 Å². The van der Waals surface area contributed by atoms with Crippen molar-refractivity contribution in [3.05, 3.63) is 127 Å². The minimum Gasteiger partial charge on any atom is -0.440 e. The predicted molar refractivity (Wildman–Crippen MR) is 157 cm³/mol. The van der Waals surface area contributed by atoms with Crippen molar-refractivity contribution in [2.75, 3.05) is 6.66 Å². The number of para-hydroxylation sites is 1. The molecule has 0 saturated carbocycles. The first-order valence-electron chi connectivity index (χ1n) is 12.6. The van der Waals surface area contributed by atoms with Gasteiger partial charge in [-0.15, -0.1) is 0 Å². The summed E-state index contributed by atoms with van der Waals surface area (Å²) in [7, 11) is -7.09. The van der Waals surface area contributed by atoms with E-state index in [1.165, 1.54) is 0 Å². The van der Waals surface area contributed by atoms with Gasteiger partial charge in [0.15, 0.2) is 0 Å². The largest absolute Gasteiger partial charge is 0.463 e. The zero-order chi connectivity index (χ0) is 27.0. The number of rotatable bonds is 6. The first kappa shape index (κ1) is 25.2. The summed E-state index contributed by atoms with van der Waals surface area (Å²) >= 11 is 0. The van der Waals surface area contributed by atoms with Crippen molar-refractivity contribution in [1.29, 1.82) is 0 Å². The molecule has 0 bridgehead atoms. The number of aryl methyl sites for hydroxylation is 1. The first-order chi connectivity index (χ1) is 18.8. The second kappa shape index (κ2) is 9.93. The Hall–Kier alpha value is -4.04. The molecule has 2 unspecified atom stereocenters. The smallest absolute Gasteiger partial charge is 0.440 e. The summed E-state index contributed by atoms with van der Waals surface area (Å²) in [4.78, 5) is 0. The third kappa shape index (κ3) is 4.81. The molecule has 2 atom stereocenters. The lowest BCUT2D eigenvalue weighted by Crippen LogP contribution is -2.21. The molecule has 0 fully saturated rings. The van der Waals surface area contributed by atoms with E-state index < -0.39 is 15.0 Å². The van der Waals surface area contributed by atoms with Gasteiger partial charge in [0.2, 0.25) is 0 Å². The van der Waals surface area contributed by atoms with Crippen molar-refractivity contribution in [2.24, 2.45) is 0 Å². The van der Waals surface area contributed by atoms with Gasteiger partial charge in [0, 0.05) is 23.9 Å². The molecule has 7 heteroatoms. The van der Waals surface area contributed by atoms with Gasteiger partial charge in [-0.25, -0.2) is 4.57 Å². The van der Waals surface area contributed by atoms with Crippen molar-refractivity contribution in [3.8, 4) is 39.5 Å². The van der Waals surface area contributed by atoms with Crippen LogP contribution in [0.15, 0.2) is 121 Å². The van der Waals surface area contributed by atoms with E-state index in [1.807, 2.05) is 91.9 Å². The standard InChI is InChI=1S/C32H26O5P2/c1-23-12-3-4-15-26(23)28-17-6-9-20-31(28)38(2,33)35-24-13-11-14-25(22-24)36-39(34)32-21-10-7-18-29(32)27-16-5-8-19-30(27)37-39/h3-22H,1-2H3. The van der Waals surface area contributed by atoms with Gasteiger partial charge < -0.3 is 13.6 Å². The van der Waals surface area contributed by atoms with Crippen LogP contribution in [-0.4, -0.2) is 6.66 Å². The third-order valence-corrected chi connectivity index (χ3v) is 10.4. The summed E-state index contributed by atoms with van der Waals surface area (Å²) in [6, 6.07) is 37.1. The zero-order valence-electron chi connectivity index (χ0n) is 21.5. The molecular weight excluding hydrogens is 526 g/mol. The molecule has 0 N–H and O–H groups in total. The fraction of sp³-hybridized carbons (Fsp3) is 0.0625. The predicted octanol–water partition coefficient (Wildman–Crippen LogP) is 8.23. The highest BCUT2D eigenvalue weighted by Gasteiger charge is 2.39. The van der Waals surface area contributed by atoms with Crippen molar-refractivity contribution < 1.29 is 22.7 Å². The van der Waals surface area contributed by atoms with Crippen LogP contribution in [0, 0.1) is 6.92 Å². The third-order valence-electron chi connectivity index (χ3n) is 6.68. The lowest BCUT2D eigenvalue weighted by Gasteiger charge is -2.28. The summed E-state index contributed by atoms with van der Waals surface area (Å²) in [6.45, 7) is 3.64. The van der Waals surface area contributed by atoms with Gasteiger partial charge in [-0.1, -0.05) is 84.9 Å². The minimum absolute atomic E-state index is 0.289. The molecule has 39 heavy (non-hydrogen) atoms. The molecule has 1 aliphatic rings. The van der Waals surface area contributed by atoms with E-state index in [4.69, 9.17) is 13.6 Å². The van der Waals surface area contributed by atoms with Gasteiger partial charge in [0.1, 0.15) is 17.2 Å². The lowest BCUT2D eigenvalue weighted by atomic mass is 10.0. The molecule has 1 aliphatic heterocycles. The lowest BCUT2D eigenvalue weighted by molar-refractivity contribution is 0.397. The highest BCUT2D eigenvalue weighted by atomic mass is 31.2. The first-order valence-corrected chi connectivity index (χ1v) is 16.2. The van der Waals surface area contributed by atoms with Gasteiger partial charge in [-0.2, -0.15) is 0 Å². The van der Waals surface area contributed by atoms with Gasteiger partial charge in [-0.3, -0.25) is 4.57 Å². The Balaban J connectivity index is 1.32. The minimum atomic E-state index is -3.76. The summed E-state index contributed by atoms with van der Waals surface area (Å²) in [5.41, 5.74) is 4.62. The Bertz CT molecular complexity index is 1800. The molecule has 6 rings (SSSR count). The van der Waals surface area contributed by atoms with E-state index in [0.717, 1.165) is 27.8 Å². The average Bonchev–Trinajstić information content (AvgIpc) is 2.93. The molecule has 5 nitrogen and oxygen atoms in total. The molecule has 1 heterocycles. The Morgan fingerprint density at radius 3 is 2.08 bits per heavy atom. The topological polar surface area (TPSA) is 61.8 Å². The normalized spacial score (nSPS) is 17.2. The highest BCUT2D eigenvalue weighted by Crippen LogP contribution is 2.55. The van der Waals surface area contributed by atoms with Gasteiger partial charge >= 0.3 is 7.60 Å². The molecule has 5 aromatic carbocycles. The summed E-state index contributed by atoms with van der Waals surface area (Å²) in [5, 5.41) is 1.11. The summed E-state index contributed by atoms with van der Waals surface area (Å²) < 4.78 is 46.3. The molecule has 194 valence electrons. The van der Waals surface area contributed by atoms with E-state index in [1.54, 1.807) is 43.1 Å². The van der Waals surface area contributed by atoms with Crippen LogP contribution in [0.25, 0.3) is 22.3 Å². The van der Waals surface area contributed by atoms with Gasteiger partial charge in [-0.05, 0) is 53.9 Å². The Morgan fingerprint density at radius 2 is 1.28 bits per heavy atom. The number of fused-ring (bicyclic) bond motifs is 3. The monoisotopic (exact) mass is 552 g/mol. The SMILES string of the molecule is Cc1ccccc1-c1ccccc1P(C)(=O)Oc1cccc(OP2(=O)Oc3ccccc3-c3ccccc32)c1. The summed E-state index contributed by atoms with van der Waals surface area (Å²) in [6.07, 6.45) is 0. The second-order valence-corrected chi connectivity index (χ2v) is 13.6. The molecule has 0 saturated heterocycles. The summed E-state index contributed by atoms with van der Waals surface area (Å²) in [5.74, 6) is 1.13. The molecule has 0 radical (unpaired) electrons. The van der Waals surface area contributed by atoms with Crippen LogP contribution in [0.5, 0.6) is 17.2 Å². The maximum atomic E-state index is 14.1. The second-order valence-electron chi connectivity index (χ2n) is 9.44. The fourth-order valence-corrected chi connectivity index (χ4v) is 8.27. The van der Waals surface area contributed by atoms with E-state index in [9.17, 15) is 9.13 Å². The Morgan fingerprint density at radius 1 is 0.667 bits per heavy atom. The van der Waals surface area contributed by atoms with Crippen molar-refractivity contribution in [3.63, 3.8) is 0 Å². The van der Waals surface area contributed by atoms with Crippen LogP contribution in [0.4, 0.5) is 0 Å². The quantitative estimate of drug-likeness (QED) is 0.199. The molecule has 5 aromatic rings. The van der Waals surface area contributed by atoms with Crippen molar-refractivity contribution in [2.45, 2.75) is 6.92 Å². The molecular formula is C32H26O5P2. The molecule has 0 aliphatic carbocycles. The van der Waals surface area contributed by atoms with Crippen LogP contribution in [0.1, 0.15) is 5.56 Å². The van der Waals surface area contributed by atoms with Crippen LogP contribution in [0.3, 0.4) is 0 Å². The van der Waals surface area contributed by atoms with Gasteiger partial charge in [0.05, 0.1) is 10.6 Å². The van der Waals surface area contributed by atoms with Crippen LogP contribution in [0.2, 0.25) is 0 Å². The Kier molecular flexibility index (Phi) is 6.43. The van der Waals surface area contributed by atoms with Crippen molar-refractivity contribution >= 4 is 25.6 Å². The highest BCUT2D eigenvalue weighted by molar-refractivity contribution is 7.67. The van der Waals surface area contributed by atoms with Crippen molar-refractivity contribution in [1.82, 2.24) is 0 Å². The van der Waals surface area contributed by atoms with E-state index in [0.29, 0.717) is 22.1 Å². The zero-order valence-corrected chi connectivity index (χ0v) is 23.3. The van der Waals surface area contributed by atoms with Gasteiger partial charge in [0.25, 0.3) is 7.37 Å². The molecule has 0 spiro atoms. The average molecular weight is 553 g/mol. The fourth-order valence-electron chi connectivity index (χ4n) is 4.86. The number of hydrogen-bond donors (Lipinski definition) is 0. The number of benzene rings is 5. The molecule has 0 aromatic heterocycles. The van der Waals surface area contributed by atoms with Crippen LogP contribution in [-0.2, 0) is 9.13 Å². The Labute approximate surface area is 228 Å².